The zero-order valence-electron chi connectivity index (χ0n) is 11.8. The van der Waals surface area contributed by atoms with Crippen molar-refractivity contribution in [1.82, 2.24) is 10.2 Å². The fraction of sp³-hybridized carbons (Fsp3) is 0.538. The molecule has 134 valence electrons. The molecule has 2 rings (SSSR count). The first-order valence-electron chi connectivity index (χ1n) is 6.44. The molecule has 1 atom stereocenters. The second-order valence-electron chi connectivity index (χ2n) is 4.88. The van der Waals surface area contributed by atoms with Gasteiger partial charge in [0.15, 0.2) is 0 Å². The van der Waals surface area contributed by atoms with Gasteiger partial charge in [-0.2, -0.15) is 13.2 Å². The Morgan fingerprint density at radius 2 is 1.70 bits per heavy atom. The van der Waals surface area contributed by atoms with Gasteiger partial charge < -0.3 is 5.32 Å². The van der Waals surface area contributed by atoms with Crippen LogP contribution in [0.3, 0.4) is 0 Å². The van der Waals surface area contributed by atoms with Crippen LogP contribution >= 0.6 is 48.0 Å². The molecule has 10 heteroatoms. The Morgan fingerprint density at radius 1 is 1.13 bits per heavy atom. The molecule has 0 unspecified atom stereocenters. The fourth-order valence-electron chi connectivity index (χ4n) is 2.47. The number of hydrogen-bond donors (Lipinski definition) is 1. The van der Waals surface area contributed by atoms with Crippen molar-refractivity contribution >= 4 is 48.0 Å². The average Bonchev–Trinajstić information content (AvgIpc) is 2.42. The molecular formula is C13H16Cl4F4N2. The average molecular weight is 418 g/mol. The van der Waals surface area contributed by atoms with Crippen molar-refractivity contribution in [1.29, 1.82) is 0 Å². The Bertz CT molecular complexity index is 507. The van der Waals surface area contributed by atoms with Gasteiger partial charge in [-0.25, -0.2) is 4.39 Å². The number of alkyl halides is 3. The second-order valence-corrected chi connectivity index (χ2v) is 5.66. The number of nitrogens with one attached hydrogen (secondary N) is 1. The van der Waals surface area contributed by atoms with Crippen LogP contribution in [0.15, 0.2) is 12.1 Å². The third kappa shape index (κ3) is 6.11. The van der Waals surface area contributed by atoms with Gasteiger partial charge in [0, 0.05) is 37.8 Å². The SMILES string of the molecule is Cl.Cl.Fc1ccc(Cl)c(Cl)c1[C@@H](CC(F)(F)F)N1CCNCC1. The molecule has 1 fully saturated rings. The van der Waals surface area contributed by atoms with Crippen molar-refractivity contribution < 1.29 is 17.6 Å². The summed E-state index contributed by atoms with van der Waals surface area (Å²) in [5.74, 6) is -0.766. The molecule has 0 spiro atoms. The summed E-state index contributed by atoms with van der Waals surface area (Å²) in [7, 11) is 0. The maximum atomic E-state index is 14.1. The molecule has 0 bridgehead atoms. The first-order valence-corrected chi connectivity index (χ1v) is 7.20. The topological polar surface area (TPSA) is 15.3 Å². The Kier molecular flexibility index (Phi) is 9.50. The van der Waals surface area contributed by atoms with Crippen LogP contribution in [0.25, 0.3) is 0 Å². The van der Waals surface area contributed by atoms with Crippen molar-refractivity contribution in [2.24, 2.45) is 0 Å². The lowest BCUT2D eigenvalue weighted by Gasteiger charge is -2.36. The number of rotatable bonds is 3. The molecule has 1 saturated heterocycles. The summed E-state index contributed by atoms with van der Waals surface area (Å²) in [6, 6.07) is 1.12. The molecule has 1 aliphatic rings. The lowest BCUT2D eigenvalue weighted by molar-refractivity contribution is -0.149. The van der Waals surface area contributed by atoms with Gasteiger partial charge in [0.1, 0.15) is 5.82 Å². The monoisotopic (exact) mass is 416 g/mol. The second kappa shape index (κ2) is 9.49. The summed E-state index contributed by atoms with van der Waals surface area (Å²) in [6.07, 6.45) is -5.59. The summed E-state index contributed by atoms with van der Waals surface area (Å²) in [4.78, 5) is 1.59. The number of hydrogen-bond acceptors (Lipinski definition) is 2. The number of benzene rings is 1. The molecule has 1 aromatic rings. The Hall–Kier alpha value is 0.0200. The molecule has 1 aliphatic heterocycles. The third-order valence-corrected chi connectivity index (χ3v) is 4.25. The van der Waals surface area contributed by atoms with Crippen LogP contribution in [-0.2, 0) is 0 Å². The molecular weight excluding hydrogens is 402 g/mol. The van der Waals surface area contributed by atoms with Gasteiger partial charge in [0.2, 0.25) is 0 Å². The molecule has 23 heavy (non-hydrogen) atoms. The summed E-state index contributed by atoms with van der Waals surface area (Å²) in [5.41, 5.74) is -0.177. The minimum atomic E-state index is -4.42. The first kappa shape index (κ1) is 23.0. The van der Waals surface area contributed by atoms with Crippen molar-refractivity contribution in [3.8, 4) is 0 Å². The van der Waals surface area contributed by atoms with Crippen LogP contribution in [-0.4, -0.2) is 37.3 Å². The molecule has 0 saturated carbocycles. The van der Waals surface area contributed by atoms with Crippen LogP contribution in [0.1, 0.15) is 18.0 Å². The normalized spacial score (nSPS) is 17.1. The van der Waals surface area contributed by atoms with Crippen LogP contribution in [0.2, 0.25) is 10.0 Å². The van der Waals surface area contributed by atoms with E-state index < -0.39 is 24.5 Å². The van der Waals surface area contributed by atoms with E-state index >= 15 is 0 Å². The Labute approximate surface area is 154 Å². The maximum absolute atomic E-state index is 14.1. The standard InChI is InChI=1S/C13H14Cl2F4N2.2ClH/c14-8-1-2-9(16)11(12(8)15)10(7-13(17,18)19)21-5-3-20-4-6-21;;/h1-2,10,20H,3-7H2;2*1H/t10-;;/m1../s1. The van der Waals surface area contributed by atoms with E-state index in [4.69, 9.17) is 23.2 Å². The molecule has 2 nitrogen and oxygen atoms in total. The summed E-state index contributed by atoms with van der Waals surface area (Å²) in [6.45, 7) is 1.88. The zero-order valence-corrected chi connectivity index (χ0v) is 14.9. The molecule has 1 heterocycles. The van der Waals surface area contributed by atoms with Crippen molar-refractivity contribution in [3.05, 3.63) is 33.6 Å². The summed E-state index contributed by atoms with van der Waals surface area (Å²) in [5, 5.41) is 2.95. The highest BCUT2D eigenvalue weighted by Crippen LogP contribution is 2.40. The van der Waals surface area contributed by atoms with Crippen LogP contribution in [0.5, 0.6) is 0 Å². The van der Waals surface area contributed by atoms with Gasteiger partial charge in [-0.05, 0) is 12.1 Å². The van der Waals surface area contributed by atoms with E-state index in [0.717, 1.165) is 6.07 Å². The molecule has 0 radical (unpaired) electrons. The lowest BCUT2D eigenvalue weighted by atomic mass is 10.00. The Balaban J connectivity index is 0.00000242. The van der Waals surface area contributed by atoms with Crippen molar-refractivity contribution in [2.45, 2.75) is 18.6 Å². The van der Waals surface area contributed by atoms with E-state index in [2.05, 4.69) is 5.32 Å². The predicted octanol–water partition coefficient (Wildman–Crippen LogP) is 4.87. The minimum Gasteiger partial charge on any atom is -0.314 e. The quantitative estimate of drug-likeness (QED) is 0.557. The lowest BCUT2D eigenvalue weighted by Crippen LogP contribution is -2.46. The minimum absolute atomic E-state index is 0. The van der Waals surface area contributed by atoms with E-state index in [1.54, 1.807) is 4.90 Å². The number of piperazine rings is 1. The van der Waals surface area contributed by atoms with Crippen molar-refractivity contribution in [3.63, 3.8) is 0 Å². The Morgan fingerprint density at radius 3 is 2.22 bits per heavy atom. The zero-order chi connectivity index (χ0) is 15.6. The molecule has 0 amide bonds. The van der Waals surface area contributed by atoms with Gasteiger partial charge in [-0.1, -0.05) is 23.2 Å². The van der Waals surface area contributed by atoms with Crippen LogP contribution < -0.4 is 5.32 Å². The molecule has 1 aromatic carbocycles. The highest BCUT2D eigenvalue weighted by molar-refractivity contribution is 6.42. The van der Waals surface area contributed by atoms with E-state index in [9.17, 15) is 17.6 Å². The predicted molar refractivity (Wildman–Crippen MR) is 88.8 cm³/mol. The van der Waals surface area contributed by atoms with Gasteiger partial charge in [-0.15, -0.1) is 24.8 Å². The van der Waals surface area contributed by atoms with Crippen molar-refractivity contribution in [2.75, 3.05) is 26.2 Å². The maximum Gasteiger partial charge on any atom is 0.390 e. The summed E-state index contributed by atoms with van der Waals surface area (Å²) < 4.78 is 52.7. The number of halogens is 8. The fourth-order valence-corrected chi connectivity index (χ4v) is 2.92. The molecule has 0 aliphatic carbocycles. The number of nitrogens with zero attached hydrogens (tertiary/aromatic N) is 1. The molecule has 1 N–H and O–H groups in total. The third-order valence-electron chi connectivity index (χ3n) is 3.43. The van der Waals surface area contributed by atoms with Crippen LogP contribution in [0.4, 0.5) is 17.6 Å². The summed E-state index contributed by atoms with van der Waals surface area (Å²) >= 11 is 11.8. The highest BCUT2D eigenvalue weighted by Gasteiger charge is 2.38. The van der Waals surface area contributed by atoms with Crippen LogP contribution in [0, 0.1) is 5.82 Å². The first-order chi connectivity index (χ1) is 9.79. The van der Waals surface area contributed by atoms with Gasteiger partial charge in [0.05, 0.1) is 16.5 Å². The van der Waals surface area contributed by atoms with E-state index in [1.807, 2.05) is 0 Å². The highest BCUT2D eigenvalue weighted by atomic mass is 35.5. The van der Waals surface area contributed by atoms with Gasteiger partial charge >= 0.3 is 6.18 Å². The van der Waals surface area contributed by atoms with E-state index in [-0.39, 0.29) is 40.4 Å². The van der Waals surface area contributed by atoms with Gasteiger partial charge in [0.25, 0.3) is 0 Å². The van der Waals surface area contributed by atoms with E-state index in [0.29, 0.717) is 26.2 Å². The molecule has 0 aromatic heterocycles. The smallest absolute Gasteiger partial charge is 0.314 e. The van der Waals surface area contributed by atoms with Gasteiger partial charge in [-0.3, -0.25) is 4.90 Å². The van der Waals surface area contributed by atoms with E-state index in [1.165, 1.54) is 6.07 Å². The largest absolute Gasteiger partial charge is 0.390 e.